The lowest BCUT2D eigenvalue weighted by molar-refractivity contribution is -0.114. The van der Waals surface area contributed by atoms with Crippen molar-refractivity contribution in [3.63, 3.8) is 0 Å². The lowest BCUT2D eigenvalue weighted by atomic mass is 10.1. The maximum atomic E-state index is 12.2. The van der Waals surface area contributed by atoms with Crippen LogP contribution in [0.15, 0.2) is 59.9 Å². The minimum Gasteiger partial charge on any atom is -0.376 e. The van der Waals surface area contributed by atoms with Gasteiger partial charge in [-0.25, -0.2) is 4.99 Å². The van der Waals surface area contributed by atoms with Gasteiger partial charge in [-0.15, -0.1) is 0 Å². The van der Waals surface area contributed by atoms with Crippen LogP contribution in [-0.4, -0.2) is 54.5 Å². The van der Waals surface area contributed by atoms with E-state index in [0.717, 1.165) is 38.6 Å². The highest BCUT2D eigenvalue weighted by Gasteiger charge is 2.25. The van der Waals surface area contributed by atoms with Gasteiger partial charge in [-0.3, -0.25) is 9.78 Å². The Bertz CT molecular complexity index is 782. The van der Waals surface area contributed by atoms with Gasteiger partial charge >= 0.3 is 0 Å². The molecule has 1 aliphatic heterocycles. The number of anilines is 1. The molecule has 1 aromatic carbocycles. The molecule has 1 unspecified atom stereocenters. The van der Waals surface area contributed by atoms with Gasteiger partial charge in [0, 0.05) is 31.7 Å². The molecule has 0 aliphatic carbocycles. The fraction of sp³-hybridized carbons (Fsp3) is 0.409. The maximum absolute atomic E-state index is 12.2. The minimum absolute atomic E-state index is 0.0723. The average molecular weight is 396 g/mol. The van der Waals surface area contributed by atoms with Crippen LogP contribution in [0.3, 0.4) is 0 Å². The fourth-order valence-corrected chi connectivity index (χ4v) is 3.29. The number of likely N-dealkylation sites (tertiary alicyclic amines) is 1. The zero-order valence-electron chi connectivity index (χ0n) is 16.9. The van der Waals surface area contributed by atoms with Crippen molar-refractivity contribution < 1.29 is 9.53 Å². The molecule has 29 heavy (non-hydrogen) atoms. The minimum atomic E-state index is -0.157. The quantitative estimate of drug-likeness (QED) is 0.530. The SMILES string of the molecule is CCNC(=NCC(=O)Nc1cccnc1)N1CCC(COCc2ccccc2)C1. The second-order valence-electron chi connectivity index (χ2n) is 7.06. The number of hydrogen-bond acceptors (Lipinski definition) is 4. The Morgan fingerprint density at radius 3 is 2.90 bits per heavy atom. The Balaban J connectivity index is 1.46. The van der Waals surface area contributed by atoms with Crippen molar-refractivity contribution in [1.29, 1.82) is 0 Å². The van der Waals surface area contributed by atoms with Crippen LogP contribution in [0.2, 0.25) is 0 Å². The first-order chi connectivity index (χ1) is 14.2. The van der Waals surface area contributed by atoms with Crippen LogP contribution < -0.4 is 10.6 Å². The van der Waals surface area contributed by atoms with Gasteiger partial charge in [0.15, 0.2) is 5.96 Å². The number of hydrogen-bond donors (Lipinski definition) is 2. The molecule has 1 fully saturated rings. The van der Waals surface area contributed by atoms with Crippen molar-refractivity contribution in [2.24, 2.45) is 10.9 Å². The summed E-state index contributed by atoms with van der Waals surface area (Å²) in [6, 6.07) is 13.8. The van der Waals surface area contributed by atoms with Crippen molar-refractivity contribution in [2.75, 3.05) is 38.1 Å². The number of pyridine rings is 1. The average Bonchev–Trinajstić information content (AvgIpc) is 3.21. The Hall–Kier alpha value is -2.93. The number of benzene rings is 1. The smallest absolute Gasteiger partial charge is 0.246 e. The largest absolute Gasteiger partial charge is 0.376 e. The van der Waals surface area contributed by atoms with E-state index in [1.165, 1.54) is 5.56 Å². The van der Waals surface area contributed by atoms with Crippen molar-refractivity contribution in [1.82, 2.24) is 15.2 Å². The first kappa shape index (κ1) is 20.8. The number of guanidine groups is 1. The Labute approximate surface area is 172 Å². The highest BCUT2D eigenvalue weighted by Crippen LogP contribution is 2.17. The normalized spacial score (nSPS) is 16.7. The summed E-state index contributed by atoms with van der Waals surface area (Å²) >= 11 is 0. The van der Waals surface area contributed by atoms with Crippen molar-refractivity contribution in [2.45, 2.75) is 20.0 Å². The molecule has 0 saturated carbocycles. The molecule has 2 N–H and O–H groups in total. The second kappa shape index (κ2) is 11.2. The van der Waals surface area contributed by atoms with E-state index < -0.39 is 0 Å². The zero-order valence-corrected chi connectivity index (χ0v) is 16.9. The standard InChI is InChI=1S/C22H29N5O2/c1-2-24-22(25-14-21(28)26-20-9-6-11-23-13-20)27-12-10-19(15-27)17-29-16-18-7-4-3-5-8-18/h3-9,11,13,19H,2,10,12,14-17H2,1H3,(H,24,25)(H,26,28). The number of aromatic nitrogens is 1. The molecule has 1 aromatic heterocycles. The molecule has 1 aliphatic rings. The van der Waals surface area contributed by atoms with Gasteiger partial charge in [-0.1, -0.05) is 30.3 Å². The van der Waals surface area contributed by atoms with E-state index >= 15 is 0 Å². The Morgan fingerprint density at radius 1 is 1.28 bits per heavy atom. The molecule has 1 amide bonds. The highest BCUT2D eigenvalue weighted by molar-refractivity contribution is 5.93. The Kier molecular flexibility index (Phi) is 8.01. The van der Waals surface area contributed by atoms with Gasteiger partial charge in [0.1, 0.15) is 6.54 Å². The molecule has 7 nitrogen and oxygen atoms in total. The molecule has 0 radical (unpaired) electrons. The summed E-state index contributed by atoms with van der Waals surface area (Å²) in [5.41, 5.74) is 1.87. The predicted molar refractivity (Wildman–Crippen MR) is 115 cm³/mol. The second-order valence-corrected chi connectivity index (χ2v) is 7.06. The monoisotopic (exact) mass is 395 g/mol. The summed E-state index contributed by atoms with van der Waals surface area (Å²) < 4.78 is 5.90. The van der Waals surface area contributed by atoms with Crippen molar-refractivity contribution in [3.8, 4) is 0 Å². The van der Waals surface area contributed by atoms with Gasteiger partial charge < -0.3 is 20.3 Å². The molecule has 2 heterocycles. The Morgan fingerprint density at radius 2 is 2.14 bits per heavy atom. The van der Waals surface area contributed by atoms with Gasteiger partial charge in [-0.05, 0) is 31.0 Å². The molecular formula is C22H29N5O2. The third-order valence-corrected chi connectivity index (χ3v) is 4.70. The van der Waals surface area contributed by atoms with Gasteiger partial charge in [0.25, 0.3) is 0 Å². The number of aliphatic imine (C=N–C) groups is 1. The third-order valence-electron chi connectivity index (χ3n) is 4.70. The van der Waals surface area contributed by atoms with E-state index in [0.29, 0.717) is 18.2 Å². The van der Waals surface area contributed by atoms with E-state index in [1.807, 2.05) is 25.1 Å². The van der Waals surface area contributed by atoms with Gasteiger partial charge in [0.2, 0.25) is 5.91 Å². The number of rotatable bonds is 8. The van der Waals surface area contributed by atoms with Crippen LogP contribution >= 0.6 is 0 Å². The fourth-order valence-electron chi connectivity index (χ4n) is 3.29. The number of carbonyl (C=O) groups excluding carboxylic acids is 1. The number of carbonyl (C=O) groups is 1. The lowest BCUT2D eigenvalue weighted by Crippen LogP contribution is -2.40. The van der Waals surface area contributed by atoms with Crippen LogP contribution in [-0.2, 0) is 16.1 Å². The summed E-state index contributed by atoms with van der Waals surface area (Å²) in [6.07, 6.45) is 4.35. The maximum Gasteiger partial charge on any atom is 0.246 e. The summed E-state index contributed by atoms with van der Waals surface area (Å²) in [5, 5.41) is 6.10. The van der Waals surface area contributed by atoms with Gasteiger partial charge in [-0.2, -0.15) is 0 Å². The highest BCUT2D eigenvalue weighted by atomic mass is 16.5. The van der Waals surface area contributed by atoms with Crippen molar-refractivity contribution in [3.05, 3.63) is 60.4 Å². The summed E-state index contributed by atoms with van der Waals surface area (Å²) in [5.74, 6) is 1.08. The molecular weight excluding hydrogens is 366 g/mol. The number of nitrogens with zero attached hydrogens (tertiary/aromatic N) is 3. The summed E-state index contributed by atoms with van der Waals surface area (Å²) in [4.78, 5) is 22.9. The van der Waals surface area contributed by atoms with Crippen LogP contribution in [0.5, 0.6) is 0 Å². The molecule has 1 saturated heterocycles. The van der Waals surface area contributed by atoms with E-state index in [9.17, 15) is 4.79 Å². The first-order valence-electron chi connectivity index (χ1n) is 10.1. The van der Waals surface area contributed by atoms with E-state index in [4.69, 9.17) is 4.74 Å². The van der Waals surface area contributed by atoms with Crippen LogP contribution in [0, 0.1) is 5.92 Å². The zero-order chi connectivity index (χ0) is 20.3. The molecule has 3 rings (SSSR count). The van der Waals surface area contributed by atoms with E-state index in [-0.39, 0.29) is 12.5 Å². The van der Waals surface area contributed by atoms with E-state index in [1.54, 1.807) is 24.5 Å². The molecule has 0 spiro atoms. The topological polar surface area (TPSA) is 78.8 Å². The molecule has 7 heteroatoms. The molecule has 2 aromatic rings. The van der Waals surface area contributed by atoms with Crippen LogP contribution in [0.1, 0.15) is 18.9 Å². The first-order valence-corrected chi connectivity index (χ1v) is 10.1. The summed E-state index contributed by atoms with van der Waals surface area (Å²) in [6.45, 7) is 6.02. The lowest BCUT2D eigenvalue weighted by Gasteiger charge is -2.21. The number of ether oxygens (including phenoxy) is 1. The van der Waals surface area contributed by atoms with E-state index in [2.05, 4.69) is 37.6 Å². The van der Waals surface area contributed by atoms with Gasteiger partial charge in [0.05, 0.1) is 25.1 Å². The number of amides is 1. The molecule has 154 valence electrons. The third kappa shape index (κ3) is 6.87. The van der Waals surface area contributed by atoms with Crippen molar-refractivity contribution >= 4 is 17.6 Å². The summed E-state index contributed by atoms with van der Waals surface area (Å²) in [7, 11) is 0. The number of nitrogens with one attached hydrogen (secondary N) is 2. The molecule has 0 bridgehead atoms. The van der Waals surface area contributed by atoms with Crippen LogP contribution in [0.25, 0.3) is 0 Å². The van der Waals surface area contributed by atoms with Crippen LogP contribution in [0.4, 0.5) is 5.69 Å². The molecule has 1 atom stereocenters. The predicted octanol–water partition coefficient (Wildman–Crippen LogP) is 2.52.